The van der Waals surface area contributed by atoms with Crippen LogP contribution in [0.5, 0.6) is 5.75 Å². The molecule has 0 radical (unpaired) electrons. The summed E-state index contributed by atoms with van der Waals surface area (Å²) in [7, 11) is 1.60. The third-order valence-electron chi connectivity index (χ3n) is 1.42. The largest absolute Gasteiger partial charge is 0.496 e. The number of ether oxygens (including phenoxy) is 1. The van der Waals surface area contributed by atoms with E-state index < -0.39 is 0 Å². The summed E-state index contributed by atoms with van der Waals surface area (Å²) in [5.74, 6) is 1.19. The Hall–Kier alpha value is -1.07. The van der Waals surface area contributed by atoms with E-state index in [0.29, 0.717) is 5.89 Å². The molecule has 0 saturated heterocycles. The summed E-state index contributed by atoms with van der Waals surface area (Å²) in [5.41, 5.74) is 0. The molecule has 0 fully saturated rings. The Morgan fingerprint density at radius 3 is 2.92 bits per heavy atom. The molecular weight excluding hydrogens is 212 g/mol. The second-order valence-electron chi connectivity index (χ2n) is 2.21. The van der Waals surface area contributed by atoms with Crippen molar-refractivity contribution >= 4 is 22.9 Å². The Balaban J connectivity index is 2.35. The number of aromatic nitrogens is 2. The second kappa shape index (κ2) is 3.35. The van der Waals surface area contributed by atoms with Crippen LogP contribution in [0.1, 0.15) is 0 Å². The van der Waals surface area contributed by atoms with Crippen molar-refractivity contribution in [2.45, 2.75) is 0 Å². The highest BCUT2D eigenvalue weighted by Gasteiger charge is 2.09. The Morgan fingerprint density at radius 2 is 2.38 bits per heavy atom. The third-order valence-corrected chi connectivity index (χ3v) is 2.47. The van der Waals surface area contributed by atoms with Crippen LogP contribution in [0.2, 0.25) is 5.35 Å². The lowest BCUT2D eigenvalue weighted by Crippen LogP contribution is -1.76. The highest BCUT2D eigenvalue weighted by Crippen LogP contribution is 2.30. The van der Waals surface area contributed by atoms with Crippen LogP contribution < -0.4 is 4.74 Å². The summed E-state index contributed by atoms with van der Waals surface area (Å²) in [5, 5.41) is 9.18. The van der Waals surface area contributed by atoms with Crippen LogP contribution in [0.4, 0.5) is 0 Å². The molecule has 0 aromatic carbocycles. The van der Waals surface area contributed by atoms with Crippen molar-refractivity contribution in [2.24, 2.45) is 0 Å². The molecule has 2 rings (SSSR count). The third kappa shape index (κ3) is 1.66. The van der Waals surface area contributed by atoms with Crippen molar-refractivity contribution in [2.75, 3.05) is 7.11 Å². The summed E-state index contributed by atoms with van der Waals surface area (Å²) < 4.78 is 10.0. The summed E-state index contributed by atoms with van der Waals surface area (Å²) in [6.07, 6.45) is 0. The number of hydrogen-bond donors (Lipinski definition) is 0. The van der Waals surface area contributed by atoms with Gasteiger partial charge >= 0.3 is 5.35 Å². The van der Waals surface area contributed by atoms with E-state index in [9.17, 15) is 0 Å². The smallest absolute Gasteiger partial charge is 0.313 e. The lowest BCUT2D eigenvalue weighted by Gasteiger charge is -1.88. The van der Waals surface area contributed by atoms with Crippen molar-refractivity contribution in [1.82, 2.24) is 10.2 Å². The van der Waals surface area contributed by atoms with E-state index in [0.717, 1.165) is 10.6 Å². The summed E-state index contributed by atoms with van der Waals surface area (Å²) in [4.78, 5) is 0.844. The maximum absolute atomic E-state index is 5.48. The Bertz CT molecular complexity index is 412. The molecule has 0 bridgehead atoms. The highest BCUT2D eigenvalue weighted by molar-refractivity contribution is 7.13. The van der Waals surface area contributed by atoms with Crippen molar-refractivity contribution < 1.29 is 9.15 Å². The molecule has 0 aliphatic heterocycles. The van der Waals surface area contributed by atoms with Crippen molar-refractivity contribution in [3.05, 3.63) is 16.8 Å². The van der Waals surface area contributed by atoms with Crippen LogP contribution in [0, 0.1) is 0 Å². The van der Waals surface area contributed by atoms with E-state index in [1.165, 1.54) is 11.3 Å². The molecule has 0 aliphatic carbocycles. The quantitative estimate of drug-likeness (QED) is 0.774. The Kier molecular flexibility index (Phi) is 2.20. The van der Waals surface area contributed by atoms with Crippen LogP contribution in [0.3, 0.4) is 0 Å². The van der Waals surface area contributed by atoms with Crippen LogP contribution >= 0.6 is 22.9 Å². The Labute approximate surface area is 83.1 Å². The molecule has 6 heteroatoms. The van der Waals surface area contributed by atoms with Gasteiger partial charge in [0.1, 0.15) is 5.75 Å². The van der Waals surface area contributed by atoms with Crippen LogP contribution in [-0.4, -0.2) is 17.3 Å². The Morgan fingerprint density at radius 1 is 1.54 bits per heavy atom. The predicted molar refractivity (Wildman–Crippen MR) is 49.2 cm³/mol. The molecule has 0 unspecified atom stereocenters. The topological polar surface area (TPSA) is 48.2 Å². The molecule has 2 heterocycles. The molecule has 0 N–H and O–H groups in total. The molecule has 2 aromatic heterocycles. The average molecular weight is 217 g/mol. The average Bonchev–Trinajstić information content (AvgIpc) is 2.71. The van der Waals surface area contributed by atoms with Crippen molar-refractivity contribution in [1.29, 1.82) is 0 Å². The van der Waals surface area contributed by atoms with Gasteiger partial charge in [-0.1, -0.05) is 5.10 Å². The van der Waals surface area contributed by atoms with Crippen molar-refractivity contribution in [3.8, 4) is 16.5 Å². The van der Waals surface area contributed by atoms with Gasteiger partial charge < -0.3 is 9.15 Å². The molecule has 0 atom stereocenters. The van der Waals surface area contributed by atoms with Gasteiger partial charge in [0.25, 0.3) is 5.89 Å². The van der Waals surface area contributed by atoms with Crippen LogP contribution in [0.25, 0.3) is 10.8 Å². The SMILES string of the molecule is COc1csc(-c2nnc(Cl)o2)c1. The number of hydrogen-bond acceptors (Lipinski definition) is 5. The van der Waals surface area contributed by atoms with Crippen LogP contribution in [-0.2, 0) is 0 Å². The first-order valence-electron chi connectivity index (χ1n) is 3.41. The van der Waals surface area contributed by atoms with Gasteiger partial charge in [0.05, 0.1) is 12.0 Å². The van der Waals surface area contributed by atoms with Crippen molar-refractivity contribution in [3.63, 3.8) is 0 Å². The first-order valence-corrected chi connectivity index (χ1v) is 4.67. The van der Waals surface area contributed by atoms with Gasteiger partial charge in [-0.15, -0.1) is 16.4 Å². The molecule has 13 heavy (non-hydrogen) atoms. The van der Waals surface area contributed by atoms with E-state index in [1.54, 1.807) is 7.11 Å². The normalized spacial score (nSPS) is 10.3. The minimum Gasteiger partial charge on any atom is -0.496 e. The highest BCUT2D eigenvalue weighted by atomic mass is 35.5. The van der Waals surface area contributed by atoms with E-state index >= 15 is 0 Å². The molecule has 0 aliphatic rings. The van der Waals surface area contributed by atoms with Gasteiger partial charge in [-0.3, -0.25) is 0 Å². The van der Waals surface area contributed by atoms with Gasteiger partial charge in [0.15, 0.2) is 0 Å². The summed E-state index contributed by atoms with van der Waals surface area (Å²) in [6.45, 7) is 0. The number of nitrogens with zero attached hydrogens (tertiary/aromatic N) is 2. The van der Waals surface area contributed by atoms with E-state index in [-0.39, 0.29) is 5.35 Å². The fraction of sp³-hybridized carbons (Fsp3) is 0.143. The first kappa shape index (κ1) is 8.52. The summed E-state index contributed by atoms with van der Waals surface area (Å²) in [6, 6.07) is 1.81. The molecular formula is C7H5ClN2O2S. The number of methoxy groups -OCH3 is 1. The van der Waals surface area contributed by atoms with Gasteiger partial charge in [-0.2, -0.15) is 0 Å². The number of thiophene rings is 1. The zero-order chi connectivity index (χ0) is 9.26. The first-order chi connectivity index (χ1) is 6.29. The predicted octanol–water partition coefficient (Wildman–Crippen LogP) is 2.46. The number of halogens is 1. The zero-order valence-corrected chi connectivity index (χ0v) is 8.22. The molecule has 2 aromatic rings. The minimum atomic E-state index is 0.0439. The molecule has 0 amide bonds. The van der Waals surface area contributed by atoms with E-state index in [1.807, 2.05) is 11.4 Å². The van der Waals surface area contributed by atoms with Gasteiger partial charge in [0.2, 0.25) is 0 Å². The second-order valence-corrected chi connectivity index (χ2v) is 3.45. The molecule has 68 valence electrons. The monoisotopic (exact) mass is 216 g/mol. The van der Waals surface area contributed by atoms with Crippen LogP contribution in [0.15, 0.2) is 15.9 Å². The van der Waals surface area contributed by atoms with E-state index in [2.05, 4.69) is 10.2 Å². The van der Waals surface area contributed by atoms with Gasteiger partial charge in [-0.25, -0.2) is 0 Å². The molecule has 4 nitrogen and oxygen atoms in total. The van der Waals surface area contributed by atoms with Gasteiger partial charge in [-0.05, 0) is 11.6 Å². The number of rotatable bonds is 2. The maximum Gasteiger partial charge on any atom is 0.313 e. The molecule has 0 saturated carbocycles. The molecule has 0 spiro atoms. The fourth-order valence-corrected chi connectivity index (χ4v) is 1.73. The fourth-order valence-electron chi connectivity index (χ4n) is 0.843. The standard InChI is InChI=1S/C7H5ClN2O2S/c1-11-4-2-5(13-3-4)6-9-10-7(8)12-6/h2-3H,1H3. The summed E-state index contributed by atoms with van der Waals surface area (Å²) >= 11 is 6.94. The van der Waals surface area contributed by atoms with E-state index in [4.69, 9.17) is 20.8 Å². The maximum atomic E-state index is 5.48. The van der Waals surface area contributed by atoms with Gasteiger partial charge in [0, 0.05) is 11.4 Å². The zero-order valence-electron chi connectivity index (χ0n) is 6.65. The lowest BCUT2D eigenvalue weighted by molar-refractivity contribution is 0.416. The lowest BCUT2D eigenvalue weighted by atomic mass is 10.4. The minimum absolute atomic E-state index is 0.0439.